The van der Waals surface area contributed by atoms with Crippen LogP contribution in [0.15, 0.2) is 16.9 Å². The number of aromatic nitrogens is 3. The summed E-state index contributed by atoms with van der Waals surface area (Å²) in [5.74, 6) is 1.66. The molecule has 5 rings (SSSR count). The number of ether oxygens (including phenoxy) is 2. The fraction of sp³-hybridized carbons (Fsp3) is 0.692. The number of anilines is 2. The fourth-order valence-electron chi connectivity index (χ4n) is 5.42. The molecular weight excluding hydrogens is 488 g/mol. The van der Waals surface area contributed by atoms with Gasteiger partial charge in [0.25, 0.3) is 0 Å². The Balaban J connectivity index is 1.31. The van der Waals surface area contributed by atoms with Gasteiger partial charge in [-0.2, -0.15) is 14.3 Å². The van der Waals surface area contributed by atoms with E-state index in [0.29, 0.717) is 29.6 Å². The summed E-state index contributed by atoms with van der Waals surface area (Å²) in [7, 11) is 0. The van der Waals surface area contributed by atoms with E-state index in [0.717, 1.165) is 86.9 Å². The molecule has 0 radical (unpaired) electrons. The highest BCUT2D eigenvalue weighted by Gasteiger charge is 2.28. The van der Waals surface area contributed by atoms with Crippen molar-refractivity contribution in [2.45, 2.75) is 76.4 Å². The summed E-state index contributed by atoms with van der Waals surface area (Å²) in [5.41, 5.74) is 7.65. The van der Waals surface area contributed by atoms with Crippen LogP contribution in [0.2, 0.25) is 0 Å². The zero-order chi connectivity index (χ0) is 25.6. The third-order valence-corrected chi connectivity index (χ3v) is 8.32. The van der Waals surface area contributed by atoms with Crippen molar-refractivity contribution in [1.82, 2.24) is 19.2 Å². The Kier molecular flexibility index (Phi) is 8.85. The molecule has 0 spiro atoms. The number of morpholine rings is 1. The van der Waals surface area contributed by atoms with Gasteiger partial charge in [0, 0.05) is 50.8 Å². The lowest BCUT2D eigenvalue weighted by atomic mass is 9.90. The largest absolute Gasteiger partial charge is 0.403 e. The average molecular weight is 529 g/mol. The number of fused-ring (bicyclic) bond motifs is 1. The Morgan fingerprint density at radius 2 is 1.78 bits per heavy atom. The average Bonchev–Trinajstić information content (AvgIpc) is 3.37. The van der Waals surface area contributed by atoms with E-state index < -0.39 is 0 Å². The summed E-state index contributed by atoms with van der Waals surface area (Å²) in [6, 6.07) is 1.29. The van der Waals surface area contributed by atoms with Gasteiger partial charge in [0.05, 0.1) is 36.0 Å². The van der Waals surface area contributed by atoms with Crippen molar-refractivity contribution in [2.24, 2.45) is 10.7 Å². The third-order valence-electron chi connectivity index (χ3n) is 7.56. The number of nitrogens with one attached hydrogen (secondary N) is 2. The van der Waals surface area contributed by atoms with Crippen molar-refractivity contribution in [3.63, 3.8) is 0 Å². The van der Waals surface area contributed by atoms with E-state index in [2.05, 4.69) is 29.4 Å². The topological polar surface area (TPSA) is 123 Å². The standard InChI is InChI=1S/C26H40N8O2S/c1-17(2)23-22-24(29-19-3-5-21(6-4-19)34-9-13-36-14-10-34)31-26(32-25(22)37-33-23)30-20(15-27)16-28-18-7-11-35-12-8-18/h15-19,21H,3-14,27H2,1-2H3,(H2,29,30,31,32). The van der Waals surface area contributed by atoms with Crippen LogP contribution < -0.4 is 16.4 Å². The van der Waals surface area contributed by atoms with Crippen LogP contribution in [0.5, 0.6) is 0 Å². The first kappa shape index (κ1) is 26.3. The summed E-state index contributed by atoms with van der Waals surface area (Å²) in [5, 5.41) is 8.10. The van der Waals surface area contributed by atoms with Crippen LogP contribution in [0.4, 0.5) is 11.8 Å². The van der Waals surface area contributed by atoms with Crippen LogP contribution in [0.3, 0.4) is 0 Å². The van der Waals surface area contributed by atoms with Crippen molar-refractivity contribution in [3.05, 3.63) is 17.6 Å². The lowest BCUT2D eigenvalue weighted by Crippen LogP contribution is -2.46. The normalized spacial score (nSPS) is 24.8. The van der Waals surface area contributed by atoms with E-state index in [4.69, 9.17) is 34.5 Å². The second-order valence-corrected chi connectivity index (χ2v) is 11.2. The second-order valence-electron chi connectivity index (χ2n) is 10.5. The summed E-state index contributed by atoms with van der Waals surface area (Å²) >= 11 is 1.42. The lowest BCUT2D eigenvalue weighted by Gasteiger charge is -2.39. The molecular formula is C26H40N8O2S. The molecule has 1 aliphatic carbocycles. The van der Waals surface area contributed by atoms with E-state index in [9.17, 15) is 0 Å². The number of nitrogens with zero attached hydrogens (tertiary/aromatic N) is 5. The van der Waals surface area contributed by atoms with Crippen molar-refractivity contribution < 1.29 is 9.47 Å². The summed E-state index contributed by atoms with van der Waals surface area (Å²) < 4.78 is 15.7. The molecule has 0 aromatic carbocycles. The Labute approximate surface area is 223 Å². The van der Waals surface area contributed by atoms with Crippen molar-refractivity contribution >= 4 is 39.7 Å². The van der Waals surface area contributed by atoms with Gasteiger partial charge in [-0.15, -0.1) is 0 Å². The molecule has 2 aromatic rings. The van der Waals surface area contributed by atoms with E-state index >= 15 is 0 Å². The highest BCUT2D eigenvalue weighted by molar-refractivity contribution is 7.13. The van der Waals surface area contributed by atoms with Gasteiger partial charge < -0.3 is 25.8 Å². The molecule has 3 aliphatic rings. The number of allylic oxidation sites excluding steroid dienone is 1. The number of rotatable bonds is 8. The molecule has 202 valence electrons. The monoisotopic (exact) mass is 528 g/mol. The van der Waals surface area contributed by atoms with E-state index in [1.165, 1.54) is 30.6 Å². The molecule has 4 heterocycles. The molecule has 37 heavy (non-hydrogen) atoms. The minimum Gasteiger partial charge on any atom is -0.403 e. The van der Waals surface area contributed by atoms with Crippen LogP contribution in [0.1, 0.15) is 64.0 Å². The smallest absolute Gasteiger partial charge is 0.230 e. The fourth-order valence-corrected chi connectivity index (χ4v) is 6.32. The van der Waals surface area contributed by atoms with Gasteiger partial charge in [-0.05, 0) is 56.0 Å². The molecule has 0 bridgehead atoms. The van der Waals surface area contributed by atoms with Crippen molar-refractivity contribution in [2.75, 3.05) is 50.2 Å². The molecule has 0 unspecified atom stereocenters. The third kappa shape index (κ3) is 6.57. The number of aliphatic imine (C=N–C) groups is 1. The molecule has 3 fully saturated rings. The first-order valence-corrected chi connectivity index (χ1v) is 14.4. The zero-order valence-electron chi connectivity index (χ0n) is 22.0. The van der Waals surface area contributed by atoms with Crippen LogP contribution in [-0.2, 0) is 9.47 Å². The highest BCUT2D eigenvalue weighted by Crippen LogP contribution is 2.35. The minimum absolute atomic E-state index is 0.258. The van der Waals surface area contributed by atoms with Gasteiger partial charge in [-0.1, -0.05) is 13.8 Å². The van der Waals surface area contributed by atoms with Crippen LogP contribution in [0, 0.1) is 0 Å². The molecule has 2 saturated heterocycles. The summed E-state index contributed by atoms with van der Waals surface area (Å²) in [4.78, 5) is 17.9. The highest BCUT2D eigenvalue weighted by atomic mass is 32.1. The summed E-state index contributed by atoms with van der Waals surface area (Å²) in [6.07, 6.45) is 9.79. The van der Waals surface area contributed by atoms with E-state index in [1.54, 1.807) is 6.21 Å². The SMILES string of the molecule is CC(C)c1nsc2nc(NC(C=NC3CCOCC3)=CN)nc(NC3CCC(N4CCOCC4)CC3)c12. The Morgan fingerprint density at radius 1 is 1.05 bits per heavy atom. The maximum absolute atomic E-state index is 5.92. The molecule has 10 nitrogen and oxygen atoms in total. The Morgan fingerprint density at radius 3 is 2.49 bits per heavy atom. The molecule has 0 atom stereocenters. The molecule has 1 saturated carbocycles. The lowest BCUT2D eigenvalue weighted by molar-refractivity contribution is 0.00791. The van der Waals surface area contributed by atoms with Gasteiger partial charge >= 0.3 is 0 Å². The van der Waals surface area contributed by atoms with Gasteiger partial charge in [-0.25, -0.2) is 0 Å². The predicted octanol–water partition coefficient (Wildman–Crippen LogP) is 3.73. The summed E-state index contributed by atoms with van der Waals surface area (Å²) in [6.45, 7) is 9.66. The van der Waals surface area contributed by atoms with Crippen LogP contribution >= 0.6 is 11.5 Å². The van der Waals surface area contributed by atoms with Crippen LogP contribution in [0.25, 0.3) is 10.2 Å². The van der Waals surface area contributed by atoms with Gasteiger partial charge in [0.1, 0.15) is 5.82 Å². The van der Waals surface area contributed by atoms with E-state index in [1.807, 2.05) is 0 Å². The molecule has 11 heteroatoms. The molecule has 0 amide bonds. The van der Waals surface area contributed by atoms with Crippen molar-refractivity contribution in [3.8, 4) is 0 Å². The number of nitrogens with two attached hydrogens (primary N) is 1. The minimum atomic E-state index is 0.258. The van der Waals surface area contributed by atoms with Gasteiger partial charge in [-0.3, -0.25) is 9.89 Å². The number of hydrogen-bond acceptors (Lipinski definition) is 11. The quantitative estimate of drug-likeness (QED) is 0.440. The first-order valence-electron chi connectivity index (χ1n) is 13.7. The predicted molar refractivity (Wildman–Crippen MR) is 150 cm³/mol. The maximum atomic E-state index is 5.92. The molecule has 2 aliphatic heterocycles. The van der Waals surface area contributed by atoms with Crippen LogP contribution in [-0.4, -0.2) is 83.1 Å². The first-order chi connectivity index (χ1) is 18.1. The second kappa shape index (κ2) is 12.5. The molecule has 2 aromatic heterocycles. The zero-order valence-corrected chi connectivity index (χ0v) is 22.8. The molecule has 4 N–H and O–H groups in total. The Hall–Kier alpha value is -2.34. The Bertz CT molecular complexity index is 1080. The van der Waals surface area contributed by atoms with Gasteiger partial charge in [0.15, 0.2) is 4.83 Å². The van der Waals surface area contributed by atoms with Crippen molar-refractivity contribution in [1.29, 1.82) is 0 Å². The maximum Gasteiger partial charge on any atom is 0.230 e. The van der Waals surface area contributed by atoms with Gasteiger partial charge in [0.2, 0.25) is 5.95 Å². The number of hydrogen-bond donors (Lipinski definition) is 3. The van der Waals surface area contributed by atoms with E-state index in [-0.39, 0.29) is 6.04 Å².